The number of ether oxygens (including phenoxy) is 1. The number of aliphatic carboxylic acids is 1. The molecule has 0 saturated heterocycles. The minimum atomic E-state index is -0.959. The van der Waals surface area contributed by atoms with Crippen molar-refractivity contribution in [3.8, 4) is 5.75 Å². The van der Waals surface area contributed by atoms with E-state index in [9.17, 15) is 9.59 Å². The van der Waals surface area contributed by atoms with Crippen LogP contribution in [0.25, 0.3) is 5.70 Å². The van der Waals surface area contributed by atoms with Gasteiger partial charge in [0.1, 0.15) is 5.75 Å². The Morgan fingerprint density at radius 3 is 2.52 bits per heavy atom. The maximum absolute atomic E-state index is 11.9. The fraction of sp³-hybridized carbons (Fsp3) is 0.111. The first-order valence-corrected chi connectivity index (χ1v) is 8.24. The third kappa shape index (κ3) is 6.68. The van der Waals surface area contributed by atoms with E-state index in [2.05, 4.69) is 26.8 Å². The van der Waals surface area contributed by atoms with Crippen molar-refractivity contribution < 1.29 is 19.4 Å². The van der Waals surface area contributed by atoms with Gasteiger partial charge < -0.3 is 9.84 Å². The van der Waals surface area contributed by atoms with E-state index < -0.39 is 11.9 Å². The molecule has 0 heterocycles. The monoisotopic (exact) mass is 404 g/mol. The molecule has 0 aromatic heterocycles. The van der Waals surface area contributed by atoms with Crippen molar-refractivity contribution in [2.45, 2.75) is 6.42 Å². The summed E-state index contributed by atoms with van der Waals surface area (Å²) in [5.74, 6) is -0.786. The Kier molecular flexibility index (Phi) is 7.03. The summed E-state index contributed by atoms with van der Waals surface area (Å²) in [5, 5.41) is 8.84. The van der Waals surface area contributed by atoms with Crippen LogP contribution < -0.4 is 15.6 Å². The second-order valence-corrected chi connectivity index (χ2v) is 5.92. The Morgan fingerprint density at radius 1 is 1.08 bits per heavy atom. The number of carbonyl (C=O) groups is 2. The lowest BCUT2D eigenvalue weighted by Crippen LogP contribution is -2.39. The molecule has 0 fully saturated rings. The van der Waals surface area contributed by atoms with Gasteiger partial charge in [0.25, 0.3) is 5.91 Å². The fourth-order valence-electron chi connectivity index (χ4n) is 1.93. The number of halogens is 1. The number of carbonyl (C=O) groups excluding carboxylic acids is 1. The molecule has 1 amide bonds. The molecule has 7 heteroatoms. The van der Waals surface area contributed by atoms with E-state index in [1.807, 2.05) is 36.4 Å². The smallest absolute Gasteiger partial charge is 0.307 e. The number of benzene rings is 2. The summed E-state index contributed by atoms with van der Waals surface area (Å²) in [7, 11) is 0. The zero-order valence-electron chi connectivity index (χ0n) is 13.2. The standard InChI is InChI=1S/C18H17BrN2O4/c19-14-7-4-8-15(11-14)25-12-17(22)21-20-16(9-10-18(23)24)13-5-2-1-3-6-13/h1-9,11,20H,10,12H2,(H,21,22)(H,23,24). The second kappa shape index (κ2) is 9.48. The van der Waals surface area contributed by atoms with Gasteiger partial charge in [-0.2, -0.15) is 0 Å². The van der Waals surface area contributed by atoms with Gasteiger partial charge in [0.15, 0.2) is 6.61 Å². The molecule has 0 spiro atoms. The number of hydrogen-bond acceptors (Lipinski definition) is 4. The summed E-state index contributed by atoms with van der Waals surface area (Å²) in [6.07, 6.45) is 1.33. The van der Waals surface area contributed by atoms with E-state index >= 15 is 0 Å². The molecule has 0 saturated carbocycles. The molecule has 0 aliphatic carbocycles. The topological polar surface area (TPSA) is 87.7 Å². The molecular weight excluding hydrogens is 388 g/mol. The molecule has 0 aliphatic heterocycles. The summed E-state index contributed by atoms with van der Waals surface area (Å²) in [6, 6.07) is 16.3. The predicted octanol–water partition coefficient (Wildman–Crippen LogP) is 2.96. The summed E-state index contributed by atoms with van der Waals surface area (Å²) in [4.78, 5) is 22.7. The Hall–Kier alpha value is -2.80. The third-order valence-corrected chi connectivity index (χ3v) is 3.56. The summed E-state index contributed by atoms with van der Waals surface area (Å²) in [6.45, 7) is -0.176. The first kappa shape index (κ1) is 18.5. The van der Waals surface area contributed by atoms with Gasteiger partial charge in [0, 0.05) is 4.47 Å². The van der Waals surface area contributed by atoms with Gasteiger partial charge in [-0.05, 0) is 29.8 Å². The van der Waals surface area contributed by atoms with E-state index in [0.717, 1.165) is 10.0 Å². The quantitative estimate of drug-likeness (QED) is 0.588. The van der Waals surface area contributed by atoms with Crippen LogP contribution in [0, 0.1) is 0 Å². The number of carboxylic acids is 1. The van der Waals surface area contributed by atoms with E-state index in [1.165, 1.54) is 6.08 Å². The minimum absolute atomic E-state index is 0.165. The van der Waals surface area contributed by atoms with Crippen molar-refractivity contribution in [2.75, 3.05) is 6.61 Å². The van der Waals surface area contributed by atoms with Crippen LogP contribution in [-0.2, 0) is 9.59 Å². The highest BCUT2D eigenvalue weighted by molar-refractivity contribution is 9.10. The lowest BCUT2D eigenvalue weighted by molar-refractivity contribution is -0.136. The van der Waals surface area contributed by atoms with Crippen LogP contribution >= 0.6 is 15.9 Å². The zero-order valence-corrected chi connectivity index (χ0v) is 14.8. The molecule has 3 N–H and O–H groups in total. The molecule has 2 aromatic carbocycles. The summed E-state index contributed by atoms with van der Waals surface area (Å²) >= 11 is 3.33. The number of rotatable bonds is 8. The lowest BCUT2D eigenvalue weighted by atomic mass is 10.1. The molecule has 0 unspecified atom stereocenters. The maximum atomic E-state index is 11.9. The van der Waals surface area contributed by atoms with E-state index in [0.29, 0.717) is 11.4 Å². The molecule has 25 heavy (non-hydrogen) atoms. The van der Waals surface area contributed by atoms with Gasteiger partial charge in [-0.1, -0.05) is 52.3 Å². The van der Waals surface area contributed by atoms with Crippen LogP contribution in [0.5, 0.6) is 5.75 Å². The molecule has 2 aromatic rings. The van der Waals surface area contributed by atoms with Crippen LogP contribution in [0.15, 0.2) is 65.1 Å². The summed E-state index contributed by atoms with van der Waals surface area (Å²) in [5.41, 5.74) is 6.51. The molecule has 130 valence electrons. The van der Waals surface area contributed by atoms with Gasteiger partial charge in [-0.25, -0.2) is 0 Å². The van der Waals surface area contributed by atoms with Gasteiger partial charge in [-0.15, -0.1) is 0 Å². The van der Waals surface area contributed by atoms with Crippen LogP contribution in [0.2, 0.25) is 0 Å². The van der Waals surface area contributed by atoms with E-state index in [-0.39, 0.29) is 13.0 Å². The highest BCUT2D eigenvalue weighted by Crippen LogP contribution is 2.17. The van der Waals surface area contributed by atoms with Crippen LogP contribution in [0.1, 0.15) is 12.0 Å². The van der Waals surface area contributed by atoms with Crippen molar-refractivity contribution in [3.63, 3.8) is 0 Å². The average Bonchev–Trinajstić information content (AvgIpc) is 2.60. The Balaban J connectivity index is 1.92. The number of hydrogen-bond donors (Lipinski definition) is 3. The van der Waals surface area contributed by atoms with Gasteiger partial charge in [0.05, 0.1) is 12.1 Å². The normalized spacial score (nSPS) is 10.8. The van der Waals surface area contributed by atoms with Crippen molar-refractivity contribution >= 4 is 33.5 Å². The van der Waals surface area contributed by atoms with Crippen LogP contribution in [0.3, 0.4) is 0 Å². The molecule has 6 nitrogen and oxygen atoms in total. The van der Waals surface area contributed by atoms with Crippen molar-refractivity contribution in [3.05, 3.63) is 70.7 Å². The van der Waals surface area contributed by atoms with Crippen LogP contribution in [0.4, 0.5) is 0 Å². The number of carboxylic acid groups (broad SMARTS) is 1. The number of nitrogens with one attached hydrogen (secondary N) is 2. The number of hydrazine groups is 1. The Morgan fingerprint density at radius 2 is 1.84 bits per heavy atom. The highest BCUT2D eigenvalue weighted by atomic mass is 79.9. The Bertz CT molecular complexity index is 763. The zero-order chi connectivity index (χ0) is 18.1. The van der Waals surface area contributed by atoms with Gasteiger partial charge >= 0.3 is 5.97 Å². The average molecular weight is 405 g/mol. The maximum Gasteiger partial charge on any atom is 0.307 e. The lowest BCUT2D eigenvalue weighted by Gasteiger charge is -2.13. The SMILES string of the molecule is O=C(O)CC=C(NNC(=O)COc1cccc(Br)c1)c1ccccc1. The molecule has 2 rings (SSSR count). The van der Waals surface area contributed by atoms with Gasteiger partial charge in [-0.3, -0.25) is 20.4 Å². The Labute approximate surface area is 153 Å². The molecule has 0 aliphatic rings. The first-order chi connectivity index (χ1) is 12.0. The molecule has 0 radical (unpaired) electrons. The van der Waals surface area contributed by atoms with E-state index in [4.69, 9.17) is 9.84 Å². The first-order valence-electron chi connectivity index (χ1n) is 7.45. The number of amides is 1. The van der Waals surface area contributed by atoms with E-state index in [1.54, 1.807) is 18.2 Å². The van der Waals surface area contributed by atoms with Gasteiger partial charge in [0.2, 0.25) is 0 Å². The molecule has 0 atom stereocenters. The van der Waals surface area contributed by atoms with Crippen molar-refractivity contribution in [1.82, 2.24) is 10.9 Å². The summed E-state index contributed by atoms with van der Waals surface area (Å²) < 4.78 is 6.24. The second-order valence-electron chi connectivity index (χ2n) is 5.00. The largest absolute Gasteiger partial charge is 0.484 e. The van der Waals surface area contributed by atoms with Crippen LogP contribution in [-0.4, -0.2) is 23.6 Å². The third-order valence-electron chi connectivity index (χ3n) is 3.07. The molecule has 0 bridgehead atoms. The predicted molar refractivity (Wildman–Crippen MR) is 97.6 cm³/mol. The molecular formula is C18H17BrN2O4. The fourth-order valence-corrected chi connectivity index (χ4v) is 2.31. The minimum Gasteiger partial charge on any atom is -0.484 e. The van der Waals surface area contributed by atoms with Crippen molar-refractivity contribution in [2.24, 2.45) is 0 Å². The van der Waals surface area contributed by atoms with Crippen molar-refractivity contribution in [1.29, 1.82) is 0 Å². The highest BCUT2D eigenvalue weighted by Gasteiger charge is 2.06.